The third-order valence-corrected chi connectivity index (χ3v) is 3.55. The number of cyclic esters (lactones) is 2. The second-order valence-corrected chi connectivity index (χ2v) is 5.48. The van der Waals surface area contributed by atoms with Gasteiger partial charge in [0.05, 0.1) is 0 Å². The highest BCUT2D eigenvalue weighted by atomic mass is 16.8. The number of azide groups is 1. The fourth-order valence-corrected chi connectivity index (χ4v) is 2.72. The molecule has 0 amide bonds. The molecule has 0 saturated carbocycles. The Morgan fingerprint density at radius 1 is 1.24 bits per heavy atom. The van der Waals surface area contributed by atoms with Gasteiger partial charge in [-0.05, 0) is 19.4 Å². The molecule has 0 aromatic carbocycles. The van der Waals surface area contributed by atoms with Crippen LogP contribution in [0.25, 0.3) is 10.4 Å². The van der Waals surface area contributed by atoms with Gasteiger partial charge in [-0.25, -0.2) is 4.79 Å². The normalized spacial score (nSPS) is 36.0. The Balaban J connectivity index is 1.96. The Kier molecular flexibility index (Phi) is 2.97. The van der Waals surface area contributed by atoms with Crippen molar-refractivity contribution in [2.75, 3.05) is 13.2 Å². The summed E-state index contributed by atoms with van der Waals surface area (Å²) in [6.07, 6.45) is -2.45. The molecular weight excluding hydrogens is 286 g/mol. The van der Waals surface area contributed by atoms with Crippen LogP contribution in [-0.2, 0) is 28.5 Å². The standard InChI is InChI=1S/C11H13N3O7/c1-10(2)19-6-5(13-14-12)8(15)21-11(7(6)20-10)3-17-9(16)18-4-11/h5-7H,3-4H2,1-2H3/t5-,6?,7-/m1/s1. The van der Waals surface area contributed by atoms with Gasteiger partial charge in [0.15, 0.2) is 11.8 Å². The molecule has 10 nitrogen and oxygen atoms in total. The third-order valence-electron chi connectivity index (χ3n) is 3.55. The van der Waals surface area contributed by atoms with Crippen molar-refractivity contribution < 1.29 is 33.3 Å². The molecule has 0 aromatic heterocycles. The molecule has 0 aromatic rings. The first kappa shape index (κ1) is 13.9. The average Bonchev–Trinajstić information content (AvgIpc) is 2.74. The van der Waals surface area contributed by atoms with E-state index < -0.39 is 41.8 Å². The molecule has 0 aliphatic carbocycles. The van der Waals surface area contributed by atoms with Gasteiger partial charge in [0, 0.05) is 4.91 Å². The first-order chi connectivity index (χ1) is 9.87. The van der Waals surface area contributed by atoms with E-state index in [9.17, 15) is 9.59 Å². The van der Waals surface area contributed by atoms with E-state index >= 15 is 0 Å². The van der Waals surface area contributed by atoms with Gasteiger partial charge in [-0.1, -0.05) is 5.11 Å². The van der Waals surface area contributed by atoms with Gasteiger partial charge < -0.3 is 23.7 Å². The van der Waals surface area contributed by atoms with Crippen molar-refractivity contribution in [3.05, 3.63) is 10.4 Å². The number of carbonyl (C=O) groups is 2. The zero-order valence-electron chi connectivity index (χ0n) is 11.3. The average molecular weight is 299 g/mol. The first-order valence-electron chi connectivity index (χ1n) is 6.29. The van der Waals surface area contributed by atoms with E-state index in [-0.39, 0.29) is 13.2 Å². The Morgan fingerprint density at radius 2 is 1.90 bits per heavy atom. The van der Waals surface area contributed by atoms with Gasteiger partial charge in [-0.15, -0.1) is 0 Å². The van der Waals surface area contributed by atoms with Crippen LogP contribution in [0.2, 0.25) is 0 Å². The first-order valence-corrected chi connectivity index (χ1v) is 6.29. The van der Waals surface area contributed by atoms with E-state index in [0.29, 0.717) is 0 Å². The predicted octanol–water partition coefficient (Wildman–Crippen LogP) is 0.648. The Morgan fingerprint density at radius 3 is 2.52 bits per heavy atom. The SMILES string of the molecule is CC1(C)OC2[C@@H](O1)C1(COC(=O)OC1)OC(=O)[C@@H]2N=[N+]=[N-]. The number of hydrogen-bond donors (Lipinski definition) is 0. The summed E-state index contributed by atoms with van der Waals surface area (Å²) in [6, 6.07) is -1.16. The van der Waals surface area contributed by atoms with E-state index in [1.165, 1.54) is 0 Å². The molecular formula is C11H13N3O7. The van der Waals surface area contributed by atoms with Crippen molar-refractivity contribution in [3.8, 4) is 0 Å². The van der Waals surface area contributed by atoms with Gasteiger partial charge in [0.1, 0.15) is 25.4 Å². The lowest BCUT2D eigenvalue weighted by atomic mass is 9.87. The molecule has 3 rings (SSSR count). The lowest BCUT2D eigenvalue weighted by molar-refractivity contribution is -0.231. The maximum atomic E-state index is 12.1. The highest BCUT2D eigenvalue weighted by Gasteiger charge is 2.64. The quantitative estimate of drug-likeness (QED) is 0.301. The summed E-state index contributed by atoms with van der Waals surface area (Å²) >= 11 is 0. The van der Waals surface area contributed by atoms with Crippen molar-refractivity contribution in [2.24, 2.45) is 5.11 Å². The number of nitrogens with zero attached hydrogens (tertiary/aromatic N) is 3. The molecule has 3 saturated heterocycles. The van der Waals surface area contributed by atoms with Crippen LogP contribution in [0.4, 0.5) is 4.79 Å². The minimum Gasteiger partial charge on any atom is -0.448 e. The Bertz CT molecular complexity index is 532. The molecule has 1 spiro atoms. The molecule has 3 aliphatic heterocycles. The van der Waals surface area contributed by atoms with Crippen LogP contribution < -0.4 is 0 Å². The van der Waals surface area contributed by atoms with Gasteiger partial charge in [-0.2, -0.15) is 0 Å². The van der Waals surface area contributed by atoms with E-state index in [1.54, 1.807) is 13.8 Å². The number of esters is 1. The van der Waals surface area contributed by atoms with Crippen LogP contribution in [0.5, 0.6) is 0 Å². The molecule has 10 heteroatoms. The van der Waals surface area contributed by atoms with Crippen LogP contribution in [0, 0.1) is 0 Å². The van der Waals surface area contributed by atoms with Gasteiger partial charge in [0.25, 0.3) is 0 Å². The second-order valence-electron chi connectivity index (χ2n) is 5.48. The van der Waals surface area contributed by atoms with Crippen LogP contribution in [-0.4, -0.2) is 55.0 Å². The van der Waals surface area contributed by atoms with Crippen molar-refractivity contribution in [2.45, 2.75) is 43.5 Å². The zero-order chi connectivity index (χ0) is 15.3. The van der Waals surface area contributed by atoms with Crippen molar-refractivity contribution in [1.29, 1.82) is 0 Å². The Hall–Kier alpha value is -2.03. The molecule has 1 unspecified atom stereocenters. The summed E-state index contributed by atoms with van der Waals surface area (Å²) in [6.45, 7) is 2.90. The third kappa shape index (κ3) is 2.17. The molecule has 3 atom stereocenters. The predicted molar refractivity (Wildman–Crippen MR) is 62.9 cm³/mol. The molecule has 21 heavy (non-hydrogen) atoms. The summed E-state index contributed by atoms with van der Waals surface area (Å²) in [5.41, 5.74) is 7.28. The van der Waals surface area contributed by atoms with Gasteiger partial charge in [0.2, 0.25) is 5.60 Å². The summed E-state index contributed by atoms with van der Waals surface area (Å²) in [5, 5.41) is 3.42. The summed E-state index contributed by atoms with van der Waals surface area (Å²) in [7, 11) is 0. The largest absolute Gasteiger partial charge is 0.508 e. The molecule has 3 heterocycles. The van der Waals surface area contributed by atoms with E-state index in [0.717, 1.165) is 0 Å². The fourth-order valence-electron chi connectivity index (χ4n) is 2.72. The minimum absolute atomic E-state index is 0.207. The number of carbonyl (C=O) groups excluding carboxylic acids is 2. The van der Waals surface area contributed by atoms with Crippen LogP contribution in [0.3, 0.4) is 0 Å². The monoisotopic (exact) mass is 299 g/mol. The summed E-state index contributed by atoms with van der Waals surface area (Å²) < 4.78 is 26.4. The van der Waals surface area contributed by atoms with E-state index in [4.69, 9.17) is 29.2 Å². The van der Waals surface area contributed by atoms with Crippen LogP contribution >= 0.6 is 0 Å². The number of rotatable bonds is 1. The maximum absolute atomic E-state index is 12.1. The number of fused-ring (bicyclic) bond motifs is 2. The number of ether oxygens (including phenoxy) is 5. The van der Waals surface area contributed by atoms with Gasteiger partial charge >= 0.3 is 12.1 Å². The topological polar surface area (TPSA) is 129 Å². The molecule has 0 radical (unpaired) electrons. The minimum atomic E-state index is -1.30. The van der Waals surface area contributed by atoms with Crippen LogP contribution in [0.1, 0.15) is 13.8 Å². The fraction of sp³-hybridized carbons (Fsp3) is 0.818. The summed E-state index contributed by atoms with van der Waals surface area (Å²) in [5.74, 6) is -1.77. The smallest absolute Gasteiger partial charge is 0.448 e. The molecule has 3 aliphatic rings. The molecule has 114 valence electrons. The Labute approximate surface area is 118 Å². The lowest BCUT2D eigenvalue weighted by Crippen LogP contribution is -2.66. The molecule has 0 bridgehead atoms. The van der Waals surface area contributed by atoms with Crippen molar-refractivity contribution in [3.63, 3.8) is 0 Å². The zero-order valence-corrected chi connectivity index (χ0v) is 11.3. The highest BCUT2D eigenvalue weighted by Crippen LogP contribution is 2.43. The van der Waals surface area contributed by atoms with Gasteiger partial charge in [-0.3, -0.25) is 4.79 Å². The highest BCUT2D eigenvalue weighted by molar-refractivity contribution is 5.79. The lowest BCUT2D eigenvalue weighted by Gasteiger charge is -2.44. The molecule has 0 N–H and O–H groups in total. The van der Waals surface area contributed by atoms with E-state index in [2.05, 4.69) is 10.0 Å². The second kappa shape index (κ2) is 4.48. The van der Waals surface area contributed by atoms with E-state index in [1.807, 2.05) is 0 Å². The van der Waals surface area contributed by atoms with Crippen molar-refractivity contribution >= 4 is 12.1 Å². The van der Waals surface area contributed by atoms with Crippen LogP contribution in [0.15, 0.2) is 5.11 Å². The molecule has 3 fully saturated rings. The maximum Gasteiger partial charge on any atom is 0.508 e. The summed E-state index contributed by atoms with van der Waals surface area (Å²) in [4.78, 5) is 25.7. The number of hydrogen-bond acceptors (Lipinski definition) is 8. The van der Waals surface area contributed by atoms with Crippen molar-refractivity contribution in [1.82, 2.24) is 0 Å².